The molecule has 0 aliphatic rings. The molecule has 4 rings (SSSR count). The Kier molecular flexibility index (Phi) is 9.06. The number of tetrazole rings is 1. The van der Waals surface area contributed by atoms with Crippen LogP contribution in [0, 0.1) is 0 Å². The Morgan fingerprint density at radius 2 is 1.49 bits per heavy atom. The molecule has 0 saturated heterocycles. The lowest BCUT2D eigenvalue weighted by Crippen LogP contribution is -2.43. The lowest BCUT2D eigenvalue weighted by atomic mass is 9.90. The molecule has 37 heavy (non-hydrogen) atoms. The molecule has 0 radical (unpaired) electrons. The zero-order chi connectivity index (χ0) is 25.9. The minimum Gasteiger partial charge on any atom is -0.445 e. The average Bonchev–Trinajstić information content (AvgIpc) is 3.39. The predicted molar refractivity (Wildman–Crippen MR) is 133 cm³/mol. The largest absolute Gasteiger partial charge is 0.445 e. The van der Waals surface area contributed by atoms with Crippen molar-refractivity contribution in [2.75, 3.05) is 6.61 Å². The number of hydrogen-bond acceptors (Lipinski definition) is 8. The van der Waals surface area contributed by atoms with E-state index in [9.17, 15) is 9.59 Å². The SMILES string of the molecule is O=C(NC(CCOO)C(=O)Cn1nnnc1C(c1ccccc1)c1ccccc1)OCc1ccccc1. The number of carbonyl (C=O) groups excluding carboxylic acids is 2. The van der Waals surface area contributed by atoms with Gasteiger partial charge >= 0.3 is 6.09 Å². The fourth-order valence-corrected chi connectivity index (χ4v) is 3.96. The second-order valence-corrected chi connectivity index (χ2v) is 8.30. The first-order valence-corrected chi connectivity index (χ1v) is 11.8. The number of ether oxygens (including phenoxy) is 1. The van der Waals surface area contributed by atoms with Gasteiger partial charge in [-0.3, -0.25) is 10.1 Å². The number of nitrogens with one attached hydrogen (secondary N) is 1. The third-order valence-electron chi connectivity index (χ3n) is 5.78. The van der Waals surface area contributed by atoms with Crippen molar-refractivity contribution in [3.63, 3.8) is 0 Å². The Morgan fingerprint density at radius 3 is 2.08 bits per heavy atom. The summed E-state index contributed by atoms with van der Waals surface area (Å²) in [6, 6.07) is 27.7. The molecule has 1 heterocycles. The monoisotopic (exact) mass is 501 g/mol. The summed E-state index contributed by atoms with van der Waals surface area (Å²) in [5.41, 5.74) is 2.74. The summed E-state index contributed by atoms with van der Waals surface area (Å²) < 4.78 is 6.68. The Balaban J connectivity index is 1.50. The van der Waals surface area contributed by atoms with E-state index in [1.165, 1.54) is 4.68 Å². The molecule has 0 aliphatic heterocycles. The fourth-order valence-electron chi connectivity index (χ4n) is 3.96. The van der Waals surface area contributed by atoms with E-state index in [-0.39, 0.29) is 37.9 Å². The minimum absolute atomic E-state index is 0.0357. The van der Waals surface area contributed by atoms with Crippen molar-refractivity contribution in [2.24, 2.45) is 0 Å². The molecule has 0 spiro atoms. The molecule has 3 aromatic carbocycles. The highest BCUT2D eigenvalue weighted by atomic mass is 17.1. The van der Waals surface area contributed by atoms with Gasteiger partial charge in [-0.25, -0.2) is 14.4 Å². The van der Waals surface area contributed by atoms with Crippen LogP contribution < -0.4 is 5.32 Å². The first-order valence-electron chi connectivity index (χ1n) is 11.8. The maximum absolute atomic E-state index is 13.3. The number of amides is 1. The average molecular weight is 502 g/mol. The van der Waals surface area contributed by atoms with E-state index in [1.807, 2.05) is 91.0 Å². The van der Waals surface area contributed by atoms with Crippen LogP contribution in [0.1, 0.15) is 34.9 Å². The van der Waals surface area contributed by atoms with Gasteiger partial charge in [0.15, 0.2) is 11.6 Å². The van der Waals surface area contributed by atoms with E-state index in [1.54, 1.807) is 0 Å². The van der Waals surface area contributed by atoms with Crippen LogP contribution in [0.15, 0.2) is 91.0 Å². The van der Waals surface area contributed by atoms with Crippen LogP contribution in [0.25, 0.3) is 0 Å². The van der Waals surface area contributed by atoms with E-state index < -0.39 is 12.1 Å². The Morgan fingerprint density at radius 1 is 0.892 bits per heavy atom. The maximum Gasteiger partial charge on any atom is 0.408 e. The van der Waals surface area contributed by atoms with Crippen LogP contribution in [0.2, 0.25) is 0 Å². The maximum atomic E-state index is 13.3. The zero-order valence-corrected chi connectivity index (χ0v) is 20.0. The van der Waals surface area contributed by atoms with E-state index >= 15 is 0 Å². The van der Waals surface area contributed by atoms with Gasteiger partial charge in [0.25, 0.3) is 0 Å². The predicted octanol–water partition coefficient (Wildman–Crippen LogP) is 3.60. The number of rotatable bonds is 12. The summed E-state index contributed by atoms with van der Waals surface area (Å²) in [5, 5.41) is 23.5. The second-order valence-electron chi connectivity index (χ2n) is 8.30. The number of carbonyl (C=O) groups is 2. The molecule has 2 N–H and O–H groups in total. The summed E-state index contributed by atoms with van der Waals surface area (Å²) >= 11 is 0. The van der Waals surface area contributed by atoms with E-state index in [2.05, 4.69) is 25.7 Å². The lowest BCUT2D eigenvalue weighted by Gasteiger charge is -2.20. The highest BCUT2D eigenvalue weighted by molar-refractivity contribution is 5.87. The second kappa shape index (κ2) is 13.1. The van der Waals surface area contributed by atoms with Gasteiger partial charge in [0.1, 0.15) is 13.2 Å². The topological polar surface area (TPSA) is 128 Å². The van der Waals surface area contributed by atoms with Gasteiger partial charge < -0.3 is 10.1 Å². The fraction of sp³-hybridized carbons (Fsp3) is 0.222. The molecular weight excluding hydrogens is 474 g/mol. The zero-order valence-electron chi connectivity index (χ0n) is 20.0. The third-order valence-corrected chi connectivity index (χ3v) is 5.78. The lowest BCUT2D eigenvalue weighted by molar-refractivity contribution is -0.243. The first kappa shape index (κ1) is 25.7. The molecule has 190 valence electrons. The Labute approximate surface area is 213 Å². The van der Waals surface area contributed by atoms with Crippen LogP contribution in [0.3, 0.4) is 0 Å². The summed E-state index contributed by atoms with van der Waals surface area (Å²) in [6.45, 7) is -0.306. The summed E-state index contributed by atoms with van der Waals surface area (Å²) in [4.78, 5) is 29.8. The first-order chi connectivity index (χ1) is 18.2. The number of aromatic nitrogens is 4. The van der Waals surface area contributed by atoms with Gasteiger partial charge in [-0.15, -0.1) is 5.10 Å². The standard InChI is InChI=1S/C27H27N5O5/c33-24(23(16-17-37-35)28-27(34)36-19-20-10-4-1-5-11-20)18-32-26(29-30-31-32)25(21-12-6-2-7-13-21)22-14-8-3-9-15-22/h1-15,23,25,35H,16-19H2,(H,28,34). The van der Waals surface area contributed by atoms with Crippen LogP contribution >= 0.6 is 0 Å². The van der Waals surface area contributed by atoms with Crippen LogP contribution in [-0.4, -0.2) is 50.0 Å². The molecule has 0 aliphatic carbocycles. The van der Waals surface area contributed by atoms with Crippen molar-refractivity contribution in [3.8, 4) is 0 Å². The summed E-state index contributed by atoms with van der Waals surface area (Å²) in [7, 11) is 0. The molecule has 0 fully saturated rings. The number of hydrogen-bond donors (Lipinski definition) is 2. The van der Waals surface area contributed by atoms with E-state index in [4.69, 9.17) is 9.99 Å². The number of nitrogens with zero attached hydrogens (tertiary/aromatic N) is 4. The smallest absolute Gasteiger partial charge is 0.408 e. The number of alkyl carbamates (subject to hydrolysis) is 1. The third kappa shape index (κ3) is 7.06. The molecule has 1 amide bonds. The number of Topliss-reactive ketones (excluding diaryl/α,β-unsaturated/α-hetero) is 1. The van der Waals surface area contributed by atoms with Crippen molar-refractivity contribution in [2.45, 2.75) is 31.5 Å². The molecule has 10 heteroatoms. The molecule has 0 bridgehead atoms. The summed E-state index contributed by atoms with van der Waals surface area (Å²) in [6.07, 6.45) is -0.725. The number of ketones is 1. The molecule has 1 atom stereocenters. The van der Waals surface area contributed by atoms with Crippen LogP contribution in [0.5, 0.6) is 0 Å². The van der Waals surface area contributed by atoms with Crippen molar-refractivity contribution in [1.29, 1.82) is 0 Å². The summed E-state index contributed by atoms with van der Waals surface area (Å²) in [5.74, 6) is -0.204. The molecule has 10 nitrogen and oxygen atoms in total. The van der Waals surface area contributed by atoms with Gasteiger partial charge in [-0.1, -0.05) is 91.0 Å². The van der Waals surface area contributed by atoms with Gasteiger partial charge in [0.2, 0.25) is 0 Å². The van der Waals surface area contributed by atoms with Crippen molar-refractivity contribution >= 4 is 11.9 Å². The molecule has 0 saturated carbocycles. The van der Waals surface area contributed by atoms with E-state index in [0.29, 0.717) is 5.82 Å². The molecule has 4 aromatic rings. The molecule has 1 aromatic heterocycles. The Hall–Kier alpha value is -4.41. The van der Waals surface area contributed by atoms with E-state index in [0.717, 1.165) is 16.7 Å². The highest BCUT2D eigenvalue weighted by Crippen LogP contribution is 2.30. The van der Waals surface area contributed by atoms with Crippen molar-refractivity contribution in [3.05, 3.63) is 114 Å². The molecule has 1 unspecified atom stereocenters. The highest BCUT2D eigenvalue weighted by Gasteiger charge is 2.27. The molecular formula is C27H27N5O5. The van der Waals surface area contributed by atoms with Gasteiger partial charge in [0.05, 0.1) is 18.6 Å². The quantitative estimate of drug-likeness (QED) is 0.223. The van der Waals surface area contributed by atoms with Crippen LogP contribution in [0.4, 0.5) is 4.79 Å². The number of benzene rings is 3. The minimum atomic E-state index is -0.987. The van der Waals surface area contributed by atoms with Crippen molar-refractivity contribution < 1.29 is 24.5 Å². The van der Waals surface area contributed by atoms with Crippen LogP contribution in [-0.2, 0) is 27.6 Å². The van der Waals surface area contributed by atoms with Gasteiger partial charge in [-0.2, -0.15) is 0 Å². The van der Waals surface area contributed by atoms with Gasteiger partial charge in [0, 0.05) is 6.42 Å². The van der Waals surface area contributed by atoms with Crippen molar-refractivity contribution in [1.82, 2.24) is 25.5 Å². The normalized spacial score (nSPS) is 11.7. The van der Waals surface area contributed by atoms with Gasteiger partial charge in [-0.05, 0) is 27.1 Å². The Bertz CT molecular complexity index is 1230.